The van der Waals surface area contributed by atoms with E-state index in [9.17, 15) is 30.3 Å². The lowest BCUT2D eigenvalue weighted by Crippen LogP contribution is -2.60. The molecule has 0 bridgehead atoms. The number of allylic oxidation sites excluding steroid dienone is 3. The van der Waals surface area contributed by atoms with Gasteiger partial charge in [0.2, 0.25) is 5.91 Å². The number of unbranched alkanes of at least 4 members (excludes halogenated alkanes) is 12. The van der Waals surface area contributed by atoms with Gasteiger partial charge in [-0.05, 0) is 44.9 Å². The van der Waals surface area contributed by atoms with Crippen LogP contribution < -0.4 is 5.32 Å². The van der Waals surface area contributed by atoms with Gasteiger partial charge in [0.05, 0.1) is 25.4 Å². The lowest BCUT2D eigenvalue weighted by molar-refractivity contribution is -0.302. The minimum absolute atomic E-state index is 0.193. The van der Waals surface area contributed by atoms with E-state index in [-0.39, 0.29) is 12.5 Å². The lowest BCUT2D eigenvalue weighted by Gasteiger charge is -2.40. The molecule has 41 heavy (non-hydrogen) atoms. The van der Waals surface area contributed by atoms with Crippen LogP contribution in [-0.2, 0) is 14.3 Å². The predicted molar refractivity (Wildman–Crippen MR) is 161 cm³/mol. The van der Waals surface area contributed by atoms with E-state index in [1.165, 1.54) is 25.7 Å². The Morgan fingerprint density at radius 3 is 2.02 bits per heavy atom. The second-order valence-electron chi connectivity index (χ2n) is 11.2. The molecule has 1 aliphatic rings. The first kappa shape index (κ1) is 37.7. The Morgan fingerprint density at radius 2 is 1.37 bits per heavy atom. The molecule has 1 amide bonds. The number of nitrogens with one attached hydrogen (secondary N) is 1. The van der Waals surface area contributed by atoms with Gasteiger partial charge in [0.1, 0.15) is 24.4 Å². The highest BCUT2D eigenvalue weighted by molar-refractivity contribution is 5.76. The minimum atomic E-state index is -1.56. The molecule has 7 unspecified atom stereocenters. The Morgan fingerprint density at radius 1 is 0.805 bits per heavy atom. The zero-order valence-electron chi connectivity index (χ0n) is 25.5. The van der Waals surface area contributed by atoms with Gasteiger partial charge in [-0.2, -0.15) is 0 Å². The summed E-state index contributed by atoms with van der Waals surface area (Å²) in [6.45, 7) is 3.61. The largest absolute Gasteiger partial charge is 0.394 e. The van der Waals surface area contributed by atoms with Crippen LogP contribution >= 0.6 is 0 Å². The lowest BCUT2D eigenvalue weighted by atomic mass is 9.99. The van der Waals surface area contributed by atoms with Crippen LogP contribution in [0.3, 0.4) is 0 Å². The first-order valence-electron chi connectivity index (χ1n) is 16.1. The highest BCUT2D eigenvalue weighted by Crippen LogP contribution is 2.22. The molecule has 0 spiro atoms. The van der Waals surface area contributed by atoms with Crippen molar-refractivity contribution in [1.82, 2.24) is 5.32 Å². The van der Waals surface area contributed by atoms with Gasteiger partial charge in [-0.15, -0.1) is 0 Å². The zero-order valence-corrected chi connectivity index (χ0v) is 25.5. The molecule has 240 valence electrons. The molecule has 1 aliphatic heterocycles. The van der Waals surface area contributed by atoms with Crippen LogP contribution in [0.5, 0.6) is 0 Å². The summed E-state index contributed by atoms with van der Waals surface area (Å²) in [6, 6.07) is -0.800. The van der Waals surface area contributed by atoms with Crippen molar-refractivity contribution in [3.05, 3.63) is 24.3 Å². The second-order valence-corrected chi connectivity index (χ2v) is 11.2. The maximum absolute atomic E-state index is 12.7. The summed E-state index contributed by atoms with van der Waals surface area (Å²) in [5.41, 5.74) is 0. The molecule has 0 aromatic heterocycles. The minimum Gasteiger partial charge on any atom is -0.394 e. The molecule has 1 saturated heterocycles. The molecule has 9 nitrogen and oxygen atoms in total. The quantitative estimate of drug-likeness (QED) is 0.0734. The molecule has 0 aliphatic carbocycles. The molecule has 1 fully saturated rings. The topological polar surface area (TPSA) is 149 Å². The van der Waals surface area contributed by atoms with Gasteiger partial charge in [0.15, 0.2) is 6.29 Å². The van der Waals surface area contributed by atoms with E-state index < -0.39 is 49.5 Å². The second kappa shape index (κ2) is 24.1. The maximum Gasteiger partial charge on any atom is 0.220 e. The monoisotopic (exact) mass is 585 g/mol. The van der Waals surface area contributed by atoms with Crippen LogP contribution in [0.25, 0.3) is 0 Å². The number of ether oxygens (including phenoxy) is 2. The third-order valence-corrected chi connectivity index (χ3v) is 7.52. The maximum atomic E-state index is 12.7. The molecule has 6 N–H and O–H groups in total. The summed E-state index contributed by atoms with van der Waals surface area (Å²) in [4.78, 5) is 12.7. The molecule has 9 heteroatoms. The fraction of sp³-hybridized carbons (Fsp3) is 0.844. The first-order valence-corrected chi connectivity index (χ1v) is 16.1. The summed E-state index contributed by atoms with van der Waals surface area (Å²) < 4.78 is 11.0. The van der Waals surface area contributed by atoms with Gasteiger partial charge in [-0.1, -0.05) is 89.5 Å². The van der Waals surface area contributed by atoms with Crippen molar-refractivity contribution in [2.45, 2.75) is 159 Å². The summed E-state index contributed by atoms with van der Waals surface area (Å²) in [5, 5.41) is 53.3. The van der Waals surface area contributed by atoms with Crippen LogP contribution in [0.4, 0.5) is 0 Å². The smallest absolute Gasteiger partial charge is 0.220 e. The molecule has 0 aromatic rings. The third kappa shape index (κ3) is 16.8. The van der Waals surface area contributed by atoms with Crippen molar-refractivity contribution in [3.8, 4) is 0 Å². The van der Waals surface area contributed by atoms with Crippen molar-refractivity contribution in [1.29, 1.82) is 0 Å². The highest BCUT2D eigenvalue weighted by Gasteiger charge is 2.44. The van der Waals surface area contributed by atoms with E-state index in [1.807, 2.05) is 6.08 Å². The molecule has 1 heterocycles. The molecular weight excluding hydrogens is 526 g/mol. The number of amides is 1. The van der Waals surface area contributed by atoms with E-state index in [2.05, 4.69) is 31.3 Å². The molecule has 7 atom stereocenters. The molecule has 0 saturated carbocycles. The van der Waals surface area contributed by atoms with Gasteiger partial charge in [-0.3, -0.25) is 4.79 Å². The summed E-state index contributed by atoms with van der Waals surface area (Å²) in [7, 11) is 0. The van der Waals surface area contributed by atoms with Crippen molar-refractivity contribution >= 4 is 5.91 Å². The first-order chi connectivity index (χ1) is 19.8. The van der Waals surface area contributed by atoms with Crippen molar-refractivity contribution in [3.63, 3.8) is 0 Å². The average molecular weight is 586 g/mol. The molecular formula is C32H59NO8. The summed E-state index contributed by atoms with van der Waals surface area (Å²) >= 11 is 0. The Labute approximate surface area is 248 Å². The van der Waals surface area contributed by atoms with E-state index >= 15 is 0 Å². The predicted octanol–water partition coefficient (Wildman–Crippen LogP) is 4.04. The number of carbonyl (C=O) groups excluding carboxylic acids is 1. The van der Waals surface area contributed by atoms with E-state index in [1.54, 1.807) is 6.08 Å². The summed E-state index contributed by atoms with van der Waals surface area (Å²) in [6.07, 6.45) is 16.8. The molecule has 0 radical (unpaired) electrons. The van der Waals surface area contributed by atoms with Crippen molar-refractivity contribution in [2.24, 2.45) is 0 Å². The van der Waals surface area contributed by atoms with Gasteiger partial charge in [-0.25, -0.2) is 0 Å². The van der Waals surface area contributed by atoms with Gasteiger partial charge in [0.25, 0.3) is 0 Å². The van der Waals surface area contributed by atoms with Gasteiger partial charge in [0, 0.05) is 6.42 Å². The normalized spacial score (nSPS) is 24.7. The number of aliphatic hydroxyl groups excluding tert-OH is 5. The standard InChI is InChI=1S/C32H59NO8/c1-3-5-7-9-11-12-13-14-15-16-18-20-22-28(36)33-25(26(35)21-19-17-10-8-6-4-2)24-40-32-31(39)30(38)29(37)27(23-34)41-32/h11-12,19,21,25-27,29-32,34-35,37-39H,3-10,13-18,20,22-24H2,1-2H3,(H,33,36)/b12-11-,21-19+. The fourth-order valence-electron chi connectivity index (χ4n) is 4.79. The van der Waals surface area contributed by atoms with Crippen LogP contribution in [0.2, 0.25) is 0 Å². The van der Waals surface area contributed by atoms with Crippen molar-refractivity contribution in [2.75, 3.05) is 13.2 Å². The van der Waals surface area contributed by atoms with Crippen LogP contribution in [0, 0.1) is 0 Å². The molecule has 0 aromatic carbocycles. The average Bonchev–Trinajstić information content (AvgIpc) is 2.97. The third-order valence-electron chi connectivity index (χ3n) is 7.52. The fourth-order valence-corrected chi connectivity index (χ4v) is 4.79. The highest BCUT2D eigenvalue weighted by atomic mass is 16.7. The van der Waals surface area contributed by atoms with E-state index in [0.29, 0.717) is 6.42 Å². The number of aliphatic hydroxyl groups is 5. The number of rotatable bonds is 24. The van der Waals surface area contributed by atoms with Gasteiger partial charge >= 0.3 is 0 Å². The number of hydrogen-bond acceptors (Lipinski definition) is 8. The molecule has 1 rings (SSSR count). The number of hydrogen-bond donors (Lipinski definition) is 6. The van der Waals surface area contributed by atoms with E-state index in [0.717, 1.165) is 70.6 Å². The SMILES string of the molecule is CCCCC/C=C\CCCCCCCC(=O)NC(COC1OC(CO)C(O)C(O)C1O)C(O)/C=C/CCCCCC. The Hall–Kier alpha value is -1.33. The van der Waals surface area contributed by atoms with Crippen LogP contribution in [0.15, 0.2) is 24.3 Å². The Bertz CT molecular complexity index is 701. The van der Waals surface area contributed by atoms with Crippen LogP contribution in [0.1, 0.15) is 117 Å². The van der Waals surface area contributed by atoms with E-state index in [4.69, 9.17) is 9.47 Å². The van der Waals surface area contributed by atoms with Crippen LogP contribution in [-0.4, -0.2) is 87.5 Å². The number of carbonyl (C=O) groups is 1. The zero-order chi connectivity index (χ0) is 30.3. The Balaban J connectivity index is 2.51. The van der Waals surface area contributed by atoms with Gasteiger partial charge < -0.3 is 40.3 Å². The summed E-state index contributed by atoms with van der Waals surface area (Å²) in [5.74, 6) is -0.196. The Kier molecular flexibility index (Phi) is 22.2. The van der Waals surface area contributed by atoms with Crippen molar-refractivity contribution < 1.29 is 39.8 Å².